The second-order valence-electron chi connectivity index (χ2n) is 8.27. The van der Waals surface area contributed by atoms with Crippen LogP contribution >= 0.6 is 0 Å². The molecule has 28 heavy (non-hydrogen) atoms. The zero-order valence-corrected chi connectivity index (χ0v) is 19.4. The highest BCUT2D eigenvalue weighted by Gasteiger charge is 2.19. The van der Waals surface area contributed by atoms with E-state index in [2.05, 4.69) is 48.8 Å². The van der Waals surface area contributed by atoms with Gasteiger partial charge in [0, 0.05) is 37.4 Å². The van der Waals surface area contributed by atoms with E-state index in [0.29, 0.717) is 0 Å². The Morgan fingerprint density at radius 3 is 2.21 bits per heavy atom. The van der Waals surface area contributed by atoms with Crippen LogP contribution in [0.15, 0.2) is 18.2 Å². The minimum Gasteiger partial charge on any atom is -0.616 e. The van der Waals surface area contributed by atoms with Crippen LogP contribution in [-0.4, -0.2) is 42.2 Å². The number of hydrogen-bond donors (Lipinski definition) is 0. The Morgan fingerprint density at radius 2 is 1.61 bits per heavy atom. The number of unbranched alkanes of at least 4 members (excludes halogenated alkanes) is 6. The fourth-order valence-electron chi connectivity index (χ4n) is 4.10. The first-order valence-electron chi connectivity index (χ1n) is 11.6. The van der Waals surface area contributed by atoms with Crippen molar-refractivity contribution in [2.45, 2.75) is 78.6 Å². The van der Waals surface area contributed by atoms with Gasteiger partial charge in [-0.1, -0.05) is 63.5 Å². The molecule has 1 aromatic rings. The van der Waals surface area contributed by atoms with Crippen LogP contribution in [0, 0.1) is 6.92 Å². The van der Waals surface area contributed by atoms with Gasteiger partial charge in [-0.2, -0.15) is 0 Å². The summed E-state index contributed by atoms with van der Waals surface area (Å²) in [4.78, 5) is 5.05. The van der Waals surface area contributed by atoms with Gasteiger partial charge in [-0.15, -0.1) is 0 Å². The summed E-state index contributed by atoms with van der Waals surface area (Å²) in [7, 11) is 0. The summed E-state index contributed by atoms with van der Waals surface area (Å²) in [5.74, 6) is 1.67. The van der Waals surface area contributed by atoms with E-state index in [9.17, 15) is 4.55 Å². The maximum atomic E-state index is 11.9. The molecule has 0 aliphatic carbocycles. The van der Waals surface area contributed by atoms with Gasteiger partial charge in [-0.05, 0) is 43.5 Å². The van der Waals surface area contributed by atoms with E-state index in [1.165, 1.54) is 81.4 Å². The minimum absolute atomic E-state index is 0.632. The highest BCUT2D eigenvalue weighted by atomic mass is 32.2. The molecular weight excluding hydrogens is 364 g/mol. The van der Waals surface area contributed by atoms with Crippen molar-refractivity contribution in [2.75, 3.05) is 47.5 Å². The minimum atomic E-state index is -0.632. The van der Waals surface area contributed by atoms with E-state index in [1.54, 1.807) is 0 Å². The molecule has 1 aliphatic rings. The van der Waals surface area contributed by atoms with Crippen LogP contribution in [0.1, 0.15) is 77.2 Å². The van der Waals surface area contributed by atoms with Crippen molar-refractivity contribution in [3.8, 4) is 0 Å². The van der Waals surface area contributed by atoms with Crippen molar-refractivity contribution < 1.29 is 4.55 Å². The Hall–Kier alpha value is -0.870. The fraction of sp³-hybridized carbons (Fsp3) is 0.750. The van der Waals surface area contributed by atoms with Gasteiger partial charge in [0.05, 0.1) is 6.54 Å². The zero-order chi connectivity index (χ0) is 20.2. The van der Waals surface area contributed by atoms with E-state index < -0.39 is 11.2 Å². The number of hydrogen-bond acceptors (Lipinski definition) is 3. The van der Waals surface area contributed by atoms with Crippen molar-refractivity contribution in [2.24, 2.45) is 0 Å². The third kappa shape index (κ3) is 7.87. The predicted molar refractivity (Wildman–Crippen MR) is 126 cm³/mol. The van der Waals surface area contributed by atoms with E-state index in [1.807, 2.05) is 0 Å². The van der Waals surface area contributed by atoms with Gasteiger partial charge in [-0.25, -0.2) is 0 Å². The molecule has 0 saturated carbocycles. The summed E-state index contributed by atoms with van der Waals surface area (Å²) in [6.45, 7) is 11.1. The summed E-state index contributed by atoms with van der Waals surface area (Å²) in [6, 6.07) is 7.02. The molecule has 160 valence electrons. The second-order valence-corrected chi connectivity index (χ2v) is 9.96. The van der Waals surface area contributed by atoms with E-state index in [-0.39, 0.29) is 0 Å². The third-order valence-corrected chi connectivity index (χ3v) is 7.22. The lowest BCUT2D eigenvalue weighted by atomic mass is 10.1. The molecule has 0 N–H and O–H groups in total. The van der Waals surface area contributed by atoms with Crippen LogP contribution in [0.5, 0.6) is 0 Å². The Labute approximate surface area is 177 Å². The molecule has 1 fully saturated rings. The molecule has 1 unspecified atom stereocenters. The summed E-state index contributed by atoms with van der Waals surface area (Å²) in [5.41, 5.74) is 4.07. The van der Waals surface area contributed by atoms with Gasteiger partial charge in [0.1, 0.15) is 11.5 Å². The molecule has 2 rings (SSSR count). The zero-order valence-electron chi connectivity index (χ0n) is 18.5. The Balaban J connectivity index is 2.03. The SMILES string of the molecule is CCCCCCN(CCCCCC)c1ccc(N2CCC[S+]([O-])CC2)c(C)c1. The molecule has 0 amide bonds. The molecule has 4 heteroatoms. The number of anilines is 2. The molecule has 1 aliphatic heterocycles. The van der Waals surface area contributed by atoms with Gasteiger partial charge in [-0.3, -0.25) is 0 Å². The predicted octanol–water partition coefficient (Wildman–Crippen LogP) is 5.92. The van der Waals surface area contributed by atoms with Crippen molar-refractivity contribution in [1.29, 1.82) is 0 Å². The maximum absolute atomic E-state index is 11.9. The lowest BCUT2D eigenvalue weighted by molar-refractivity contribution is 0.596. The van der Waals surface area contributed by atoms with Gasteiger partial charge < -0.3 is 14.4 Å². The molecular formula is C24H42N2OS. The highest BCUT2D eigenvalue weighted by molar-refractivity contribution is 7.91. The van der Waals surface area contributed by atoms with Crippen molar-refractivity contribution in [3.63, 3.8) is 0 Å². The topological polar surface area (TPSA) is 29.5 Å². The van der Waals surface area contributed by atoms with E-state index in [0.717, 1.165) is 31.0 Å². The van der Waals surface area contributed by atoms with Crippen LogP contribution in [0.25, 0.3) is 0 Å². The Morgan fingerprint density at radius 1 is 0.929 bits per heavy atom. The molecule has 0 spiro atoms. The standard InChI is InChI=1S/C24H42N2OS/c1-4-6-8-10-15-25(16-11-9-7-5-2)23-13-14-24(22(3)21-23)26-17-12-19-28(27)20-18-26/h13-14,21H,4-12,15-20H2,1-3H3. The number of rotatable bonds is 12. The largest absolute Gasteiger partial charge is 0.616 e. The Kier molecular flexibility index (Phi) is 11.2. The lowest BCUT2D eigenvalue weighted by Gasteiger charge is -2.28. The van der Waals surface area contributed by atoms with Gasteiger partial charge in [0.15, 0.2) is 0 Å². The summed E-state index contributed by atoms with van der Waals surface area (Å²) in [6.07, 6.45) is 11.6. The normalized spacial score (nSPS) is 17.6. The first-order chi connectivity index (χ1) is 13.7. The van der Waals surface area contributed by atoms with E-state index >= 15 is 0 Å². The molecule has 0 aromatic heterocycles. The summed E-state index contributed by atoms with van der Waals surface area (Å²) in [5, 5.41) is 0. The smallest absolute Gasteiger partial charge is 0.123 e. The maximum Gasteiger partial charge on any atom is 0.123 e. The fourth-order valence-corrected chi connectivity index (χ4v) is 5.18. The molecule has 0 radical (unpaired) electrons. The van der Waals surface area contributed by atoms with Crippen molar-refractivity contribution in [3.05, 3.63) is 23.8 Å². The summed E-state index contributed by atoms with van der Waals surface area (Å²) >= 11 is -0.632. The highest BCUT2D eigenvalue weighted by Crippen LogP contribution is 2.27. The van der Waals surface area contributed by atoms with Crippen molar-refractivity contribution in [1.82, 2.24) is 0 Å². The third-order valence-electron chi connectivity index (χ3n) is 5.84. The van der Waals surface area contributed by atoms with Gasteiger partial charge in [0.2, 0.25) is 0 Å². The average Bonchev–Trinajstić information content (AvgIpc) is 2.91. The van der Waals surface area contributed by atoms with Crippen LogP contribution in [0.3, 0.4) is 0 Å². The molecule has 0 bridgehead atoms. The molecule has 1 heterocycles. The Bertz CT molecular complexity index is 539. The number of benzene rings is 1. The molecule has 1 saturated heterocycles. The monoisotopic (exact) mass is 406 g/mol. The molecule has 1 atom stereocenters. The van der Waals surface area contributed by atoms with Crippen molar-refractivity contribution >= 4 is 22.6 Å². The van der Waals surface area contributed by atoms with Crippen LogP contribution in [-0.2, 0) is 11.2 Å². The van der Waals surface area contributed by atoms with Crippen LogP contribution in [0.2, 0.25) is 0 Å². The first-order valence-corrected chi connectivity index (χ1v) is 13.1. The van der Waals surface area contributed by atoms with Crippen LogP contribution < -0.4 is 9.80 Å². The quantitative estimate of drug-likeness (QED) is 0.319. The molecule has 3 nitrogen and oxygen atoms in total. The van der Waals surface area contributed by atoms with E-state index in [4.69, 9.17) is 0 Å². The molecule has 1 aromatic carbocycles. The van der Waals surface area contributed by atoms with Gasteiger partial charge in [0.25, 0.3) is 0 Å². The van der Waals surface area contributed by atoms with Crippen LogP contribution in [0.4, 0.5) is 11.4 Å². The number of nitrogens with zero attached hydrogens (tertiary/aromatic N) is 2. The summed E-state index contributed by atoms with van der Waals surface area (Å²) < 4.78 is 11.9. The second kappa shape index (κ2) is 13.4. The first kappa shape index (κ1) is 23.4. The number of aryl methyl sites for hydroxylation is 1. The lowest BCUT2D eigenvalue weighted by Crippen LogP contribution is -2.28. The average molecular weight is 407 g/mol. The van der Waals surface area contributed by atoms with Gasteiger partial charge >= 0.3 is 0 Å².